The SMILES string of the molecule is c1ccc2oc(-c3ccc(-c4nc(-c5ccc(-c6ccc(-c7ccc8c(c7)oc7ccccc78)cc6)cc5)nc(-c5ccc(-c6nc7ccccc7o6)cc5)n4)cc3)nc2c1. The molecule has 12 aromatic rings. The fourth-order valence-corrected chi connectivity index (χ4v) is 7.85. The summed E-state index contributed by atoms with van der Waals surface area (Å²) < 4.78 is 18.2. The van der Waals surface area contributed by atoms with Crippen molar-refractivity contribution in [1.82, 2.24) is 24.9 Å². The first-order valence-corrected chi connectivity index (χ1v) is 20.0. The monoisotopic (exact) mass is 785 g/mol. The van der Waals surface area contributed by atoms with Gasteiger partial charge in [-0.2, -0.15) is 0 Å². The predicted octanol–water partition coefficient (Wildman–Crippen LogP) is 13.7. The lowest BCUT2D eigenvalue weighted by Gasteiger charge is -2.10. The van der Waals surface area contributed by atoms with Crippen LogP contribution in [0.2, 0.25) is 0 Å². The second-order valence-corrected chi connectivity index (χ2v) is 14.9. The first-order valence-electron chi connectivity index (χ1n) is 20.0. The molecule has 4 heterocycles. The summed E-state index contributed by atoms with van der Waals surface area (Å²) in [5.41, 5.74) is 13.6. The lowest BCUT2D eigenvalue weighted by Crippen LogP contribution is -2.00. The van der Waals surface area contributed by atoms with Crippen molar-refractivity contribution in [2.75, 3.05) is 0 Å². The molecule has 0 bridgehead atoms. The molecule has 8 nitrogen and oxygen atoms in total. The van der Waals surface area contributed by atoms with E-state index in [9.17, 15) is 0 Å². The summed E-state index contributed by atoms with van der Waals surface area (Å²) in [4.78, 5) is 24.4. The number of nitrogens with zero attached hydrogens (tertiary/aromatic N) is 5. The molecule has 61 heavy (non-hydrogen) atoms. The quantitative estimate of drug-likeness (QED) is 0.157. The van der Waals surface area contributed by atoms with E-state index in [2.05, 4.69) is 82.8 Å². The normalized spacial score (nSPS) is 11.6. The fraction of sp³-hybridized carbons (Fsp3) is 0. The highest BCUT2D eigenvalue weighted by Crippen LogP contribution is 2.35. The Morgan fingerprint density at radius 1 is 0.246 bits per heavy atom. The number of para-hydroxylation sites is 5. The van der Waals surface area contributed by atoms with Gasteiger partial charge in [-0.15, -0.1) is 0 Å². The molecule has 0 aliphatic carbocycles. The second kappa shape index (κ2) is 14.1. The molecule has 0 aliphatic heterocycles. The number of hydrogen-bond acceptors (Lipinski definition) is 8. The Bertz CT molecular complexity index is 3370. The van der Waals surface area contributed by atoms with Gasteiger partial charge >= 0.3 is 0 Å². The number of oxazole rings is 2. The number of rotatable bonds is 7. The number of benzene rings is 8. The van der Waals surface area contributed by atoms with Crippen molar-refractivity contribution in [3.8, 4) is 79.3 Å². The summed E-state index contributed by atoms with van der Waals surface area (Å²) >= 11 is 0. The maximum atomic E-state index is 6.16. The molecular formula is C53H31N5O3. The van der Waals surface area contributed by atoms with Gasteiger partial charge in [0.05, 0.1) is 0 Å². The van der Waals surface area contributed by atoms with E-state index in [1.165, 1.54) is 0 Å². The highest BCUT2D eigenvalue weighted by molar-refractivity contribution is 6.05. The van der Waals surface area contributed by atoms with Crippen LogP contribution >= 0.6 is 0 Å². The molecule has 0 amide bonds. The molecule has 0 N–H and O–H groups in total. The van der Waals surface area contributed by atoms with Crippen LogP contribution in [0, 0.1) is 0 Å². The third kappa shape index (κ3) is 6.31. The van der Waals surface area contributed by atoms with E-state index < -0.39 is 0 Å². The van der Waals surface area contributed by atoms with Gasteiger partial charge in [-0.05, 0) is 89.0 Å². The van der Waals surface area contributed by atoms with Gasteiger partial charge in [-0.3, -0.25) is 0 Å². The Morgan fingerprint density at radius 2 is 0.607 bits per heavy atom. The van der Waals surface area contributed by atoms with E-state index in [1.54, 1.807) is 0 Å². The topological polar surface area (TPSA) is 104 Å². The van der Waals surface area contributed by atoms with Gasteiger partial charge in [-0.1, -0.05) is 121 Å². The van der Waals surface area contributed by atoms with Crippen LogP contribution < -0.4 is 0 Å². The van der Waals surface area contributed by atoms with Crippen molar-refractivity contribution < 1.29 is 13.3 Å². The smallest absolute Gasteiger partial charge is 0.227 e. The Balaban J connectivity index is 0.866. The molecule has 0 aliphatic rings. The summed E-state index contributed by atoms with van der Waals surface area (Å²) in [5, 5.41) is 2.25. The van der Waals surface area contributed by atoms with Gasteiger partial charge in [0.1, 0.15) is 22.2 Å². The van der Waals surface area contributed by atoms with E-state index in [4.69, 9.17) is 28.2 Å². The minimum atomic E-state index is 0.549. The maximum Gasteiger partial charge on any atom is 0.227 e. The van der Waals surface area contributed by atoms with Gasteiger partial charge in [0.2, 0.25) is 11.8 Å². The molecule has 0 spiro atoms. The van der Waals surface area contributed by atoms with Crippen molar-refractivity contribution >= 4 is 44.1 Å². The van der Waals surface area contributed by atoms with Crippen LogP contribution in [-0.4, -0.2) is 24.9 Å². The van der Waals surface area contributed by atoms with E-state index >= 15 is 0 Å². The molecule has 286 valence electrons. The van der Waals surface area contributed by atoms with Crippen molar-refractivity contribution in [2.24, 2.45) is 0 Å². The Kier molecular flexibility index (Phi) is 7.99. The largest absolute Gasteiger partial charge is 0.456 e. The minimum Gasteiger partial charge on any atom is -0.456 e. The highest BCUT2D eigenvalue weighted by Gasteiger charge is 2.16. The summed E-state index contributed by atoms with van der Waals surface area (Å²) in [5.74, 6) is 2.78. The lowest BCUT2D eigenvalue weighted by molar-refractivity contribution is 0.619. The second-order valence-electron chi connectivity index (χ2n) is 14.9. The van der Waals surface area contributed by atoms with Gasteiger partial charge in [0, 0.05) is 38.6 Å². The molecule has 12 rings (SSSR count). The van der Waals surface area contributed by atoms with Crippen LogP contribution in [-0.2, 0) is 0 Å². The van der Waals surface area contributed by atoms with Crippen molar-refractivity contribution in [2.45, 2.75) is 0 Å². The van der Waals surface area contributed by atoms with Crippen LogP contribution in [0.1, 0.15) is 0 Å². The number of aromatic nitrogens is 5. The molecule has 0 unspecified atom stereocenters. The van der Waals surface area contributed by atoms with Crippen LogP contribution in [0.3, 0.4) is 0 Å². The van der Waals surface area contributed by atoms with Gasteiger partial charge in [-0.25, -0.2) is 24.9 Å². The summed E-state index contributed by atoms with van der Waals surface area (Å²) in [6.45, 7) is 0. The maximum absolute atomic E-state index is 6.16. The Hall–Kier alpha value is -8.49. The van der Waals surface area contributed by atoms with E-state index in [1.807, 2.05) is 115 Å². The van der Waals surface area contributed by atoms with Crippen molar-refractivity contribution in [1.29, 1.82) is 0 Å². The van der Waals surface area contributed by atoms with E-state index in [0.29, 0.717) is 29.3 Å². The van der Waals surface area contributed by atoms with Crippen LogP contribution in [0.4, 0.5) is 0 Å². The van der Waals surface area contributed by atoms with E-state index in [0.717, 1.165) is 94.2 Å². The van der Waals surface area contributed by atoms with Crippen LogP contribution in [0.15, 0.2) is 201 Å². The summed E-state index contributed by atoms with van der Waals surface area (Å²) in [6, 6.07) is 62.9. The molecule has 8 aromatic carbocycles. The summed E-state index contributed by atoms with van der Waals surface area (Å²) in [7, 11) is 0. The molecular weight excluding hydrogens is 755 g/mol. The zero-order valence-electron chi connectivity index (χ0n) is 32.4. The predicted molar refractivity (Wildman–Crippen MR) is 240 cm³/mol. The fourth-order valence-electron chi connectivity index (χ4n) is 7.85. The standard InChI is InChI=1S/C53H31N5O3/c1-4-10-45-41(7-1)42-30-29-40(31-48(42)59-45)34-15-13-32(14-16-34)33-17-19-35(20-18-33)49-56-50(36-21-25-38(26-22-36)52-54-43-8-2-5-11-46(43)60-52)58-51(57-49)37-23-27-39(28-24-37)53-55-44-9-3-6-12-47(44)61-53/h1-31H. The molecule has 0 saturated heterocycles. The molecule has 4 aromatic heterocycles. The van der Waals surface area contributed by atoms with E-state index in [-0.39, 0.29) is 0 Å². The number of hydrogen-bond donors (Lipinski definition) is 0. The number of furan rings is 1. The molecule has 0 saturated carbocycles. The Morgan fingerprint density at radius 3 is 1.08 bits per heavy atom. The average molecular weight is 786 g/mol. The number of fused-ring (bicyclic) bond motifs is 5. The highest BCUT2D eigenvalue weighted by atomic mass is 16.4. The van der Waals surface area contributed by atoms with Gasteiger partial charge in [0.15, 0.2) is 28.6 Å². The van der Waals surface area contributed by atoms with Gasteiger partial charge in [0.25, 0.3) is 0 Å². The Labute approximate surface area is 348 Å². The zero-order valence-corrected chi connectivity index (χ0v) is 32.4. The first kappa shape index (κ1) is 34.5. The van der Waals surface area contributed by atoms with Crippen LogP contribution in [0.5, 0.6) is 0 Å². The minimum absolute atomic E-state index is 0.549. The third-order valence-corrected chi connectivity index (χ3v) is 11.1. The van der Waals surface area contributed by atoms with Crippen molar-refractivity contribution in [3.05, 3.63) is 188 Å². The molecule has 8 heteroatoms. The molecule has 0 radical (unpaired) electrons. The van der Waals surface area contributed by atoms with Crippen molar-refractivity contribution in [3.63, 3.8) is 0 Å². The molecule has 0 atom stereocenters. The summed E-state index contributed by atoms with van der Waals surface area (Å²) in [6.07, 6.45) is 0. The lowest BCUT2D eigenvalue weighted by atomic mass is 9.99. The average Bonchev–Trinajstić information content (AvgIpc) is 4.07. The van der Waals surface area contributed by atoms with Gasteiger partial charge < -0.3 is 13.3 Å². The molecule has 0 fully saturated rings. The zero-order chi connectivity index (χ0) is 40.3. The first-order chi connectivity index (χ1) is 30.1. The third-order valence-electron chi connectivity index (χ3n) is 11.1. The van der Waals surface area contributed by atoms with Crippen LogP contribution in [0.25, 0.3) is 123 Å².